The van der Waals surface area contributed by atoms with Crippen LogP contribution in [0.25, 0.3) is 0 Å². The summed E-state index contributed by atoms with van der Waals surface area (Å²) in [6, 6.07) is 26.9. The molecule has 59 heavy (non-hydrogen) atoms. The molecule has 0 unspecified atom stereocenters. The molecule has 16 heteroatoms. The number of nitrogen functional groups attached to an aromatic ring is 2. The van der Waals surface area contributed by atoms with E-state index in [0.29, 0.717) is 56.9 Å². The first-order chi connectivity index (χ1) is 28.0. The Balaban J connectivity index is 1.12. The third kappa shape index (κ3) is 6.34. The molecular formula is C43H26F6N4O6. The van der Waals surface area contributed by atoms with E-state index in [-0.39, 0.29) is 22.9 Å². The predicted octanol–water partition coefficient (Wildman–Crippen LogP) is 9.45. The van der Waals surface area contributed by atoms with Crippen LogP contribution in [-0.2, 0) is 5.41 Å². The van der Waals surface area contributed by atoms with Crippen molar-refractivity contribution in [2.75, 3.05) is 21.3 Å². The second-order valence-electron chi connectivity index (χ2n) is 13.5. The van der Waals surface area contributed by atoms with E-state index in [1.54, 1.807) is 48.5 Å². The Morgan fingerprint density at radius 3 is 0.983 bits per heavy atom. The van der Waals surface area contributed by atoms with Gasteiger partial charge in [0.1, 0.15) is 23.0 Å². The van der Waals surface area contributed by atoms with Crippen molar-refractivity contribution in [3.05, 3.63) is 167 Å². The quantitative estimate of drug-likeness (QED) is 0.0879. The van der Waals surface area contributed by atoms with E-state index in [1.165, 1.54) is 48.5 Å². The standard InChI is InChI=1S/C43H26F6N4O6/c44-42(45,46)41(43(47,48)49,23-1-19-33-35(21-23)39(56)52(37(33)54)27-7-15-31(16-8-27)58-29-11-3-25(50)4-12-29)24-2-20-34-36(22-24)40(57)53(38(34)55)28-9-17-32(18-10-28)59-30-13-5-26(51)6-14-30/h1-22H,50-51H2. The average molecular weight is 809 g/mol. The van der Waals surface area contributed by atoms with Gasteiger partial charge in [-0.15, -0.1) is 0 Å². The van der Waals surface area contributed by atoms with Gasteiger partial charge in [-0.25, -0.2) is 9.80 Å². The second-order valence-corrected chi connectivity index (χ2v) is 13.5. The first-order valence-electron chi connectivity index (χ1n) is 17.4. The van der Waals surface area contributed by atoms with E-state index < -0.39 is 74.8 Å². The molecule has 2 heterocycles. The Morgan fingerprint density at radius 2 is 0.678 bits per heavy atom. The second kappa shape index (κ2) is 13.8. The zero-order valence-electron chi connectivity index (χ0n) is 30.0. The fourth-order valence-electron chi connectivity index (χ4n) is 7.07. The fraction of sp³-hybridized carbons (Fsp3) is 0.0698. The Morgan fingerprint density at radius 1 is 0.390 bits per heavy atom. The molecule has 2 aliphatic heterocycles. The van der Waals surface area contributed by atoms with E-state index in [0.717, 1.165) is 12.1 Å². The Bertz CT molecular complexity index is 2500. The topological polar surface area (TPSA) is 145 Å². The molecule has 0 bridgehead atoms. The van der Waals surface area contributed by atoms with Gasteiger partial charge in [0, 0.05) is 11.4 Å². The number of nitrogens with zero attached hydrogens (tertiary/aromatic N) is 2. The minimum absolute atomic E-state index is 0.0318. The molecule has 4 N–H and O–H groups in total. The molecule has 0 saturated heterocycles. The van der Waals surface area contributed by atoms with Gasteiger partial charge in [-0.05, 0) is 132 Å². The van der Waals surface area contributed by atoms with Gasteiger partial charge in [-0.3, -0.25) is 19.2 Å². The lowest BCUT2D eigenvalue weighted by atomic mass is 9.71. The van der Waals surface area contributed by atoms with E-state index >= 15 is 26.3 Å². The van der Waals surface area contributed by atoms with E-state index in [2.05, 4.69) is 0 Å². The zero-order chi connectivity index (χ0) is 42.0. The van der Waals surface area contributed by atoms with Gasteiger partial charge in [0.15, 0.2) is 0 Å². The normalized spacial score (nSPS) is 14.1. The number of carbonyl (C=O) groups is 4. The summed E-state index contributed by atoms with van der Waals surface area (Å²) in [4.78, 5) is 55.4. The number of hydrogen-bond donors (Lipinski definition) is 2. The van der Waals surface area contributed by atoms with Gasteiger partial charge in [0.05, 0.1) is 33.6 Å². The van der Waals surface area contributed by atoms with Gasteiger partial charge >= 0.3 is 12.4 Å². The molecule has 0 saturated carbocycles. The zero-order valence-corrected chi connectivity index (χ0v) is 30.0. The molecular weight excluding hydrogens is 782 g/mol. The van der Waals surface area contributed by atoms with Crippen molar-refractivity contribution >= 4 is 46.4 Å². The first kappa shape index (κ1) is 38.3. The van der Waals surface area contributed by atoms with Crippen molar-refractivity contribution in [3.63, 3.8) is 0 Å². The highest BCUT2D eigenvalue weighted by Crippen LogP contribution is 2.57. The summed E-state index contributed by atoms with van der Waals surface area (Å²) in [5.74, 6) is -2.91. The van der Waals surface area contributed by atoms with Crippen LogP contribution in [0.2, 0.25) is 0 Å². The summed E-state index contributed by atoms with van der Waals surface area (Å²) in [6.45, 7) is 0. The maximum Gasteiger partial charge on any atom is 0.411 e. The highest BCUT2D eigenvalue weighted by molar-refractivity contribution is 6.35. The lowest BCUT2D eigenvalue weighted by Gasteiger charge is -2.38. The number of rotatable bonds is 8. The van der Waals surface area contributed by atoms with Crippen LogP contribution < -0.4 is 30.7 Å². The molecule has 4 amide bonds. The molecule has 296 valence electrons. The number of fused-ring (bicyclic) bond motifs is 2. The number of halogens is 6. The Labute approximate surface area is 329 Å². The largest absolute Gasteiger partial charge is 0.457 e. The van der Waals surface area contributed by atoms with Crippen molar-refractivity contribution in [2.45, 2.75) is 17.8 Å². The lowest BCUT2D eigenvalue weighted by molar-refractivity contribution is -0.288. The first-order valence-corrected chi connectivity index (χ1v) is 17.4. The third-order valence-electron chi connectivity index (χ3n) is 9.91. The molecule has 2 aliphatic rings. The maximum absolute atomic E-state index is 15.3. The molecule has 0 atom stereocenters. The molecule has 0 aliphatic carbocycles. The molecule has 0 aromatic heterocycles. The maximum atomic E-state index is 15.3. The smallest absolute Gasteiger partial charge is 0.411 e. The van der Waals surface area contributed by atoms with Crippen molar-refractivity contribution in [1.29, 1.82) is 0 Å². The fourth-order valence-corrected chi connectivity index (χ4v) is 7.07. The molecule has 10 nitrogen and oxygen atoms in total. The SMILES string of the molecule is Nc1ccc(Oc2ccc(N3C(=O)c4ccc(C(c5ccc6c(c5)C(=O)N(c5ccc(Oc7ccc(N)cc7)cc5)C6=O)(C(F)(F)F)C(F)(F)F)cc4C3=O)cc2)cc1. The van der Waals surface area contributed by atoms with E-state index in [1.807, 2.05) is 0 Å². The number of nitrogens with two attached hydrogens (primary N) is 2. The van der Waals surface area contributed by atoms with E-state index in [9.17, 15) is 19.2 Å². The highest BCUT2D eigenvalue weighted by atomic mass is 19.4. The van der Waals surface area contributed by atoms with Gasteiger partial charge in [0.2, 0.25) is 5.41 Å². The third-order valence-corrected chi connectivity index (χ3v) is 9.91. The summed E-state index contributed by atoms with van der Waals surface area (Å²) in [5, 5.41) is 0. The van der Waals surface area contributed by atoms with Crippen LogP contribution in [0.4, 0.5) is 49.1 Å². The van der Waals surface area contributed by atoms with Crippen LogP contribution in [0.15, 0.2) is 133 Å². The minimum Gasteiger partial charge on any atom is -0.457 e. The summed E-state index contributed by atoms with van der Waals surface area (Å²) in [6.07, 6.45) is -12.3. The van der Waals surface area contributed by atoms with Crippen molar-refractivity contribution in [3.8, 4) is 23.0 Å². The molecule has 6 aromatic rings. The van der Waals surface area contributed by atoms with Gasteiger partial charge < -0.3 is 20.9 Å². The number of carbonyl (C=O) groups excluding carboxylic acids is 4. The van der Waals surface area contributed by atoms with Crippen LogP contribution >= 0.6 is 0 Å². The van der Waals surface area contributed by atoms with Crippen LogP contribution in [0.1, 0.15) is 52.6 Å². The summed E-state index contributed by atoms with van der Waals surface area (Å²) < 4.78 is 103. The Kier molecular flexibility index (Phi) is 8.94. The summed E-state index contributed by atoms with van der Waals surface area (Å²) in [7, 11) is 0. The summed E-state index contributed by atoms with van der Waals surface area (Å²) in [5.41, 5.74) is 2.27. The van der Waals surface area contributed by atoms with Gasteiger partial charge in [-0.2, -0.15) is 26.3 Å². The van der Waals surface area contributed by atoms with Crippen LogP contribution in [0, 0.1) is 0 Å². The van der Waals surface area contributed by atoms with Crippen LogP contribution in [0.5, 0.6) is 23.0 Å². The number of benzene rings is 6. The van der Waals surface area contributed by atoms with Crippen molar-refractivity contribution < 1.29 is 55.0 Å². The summed E-state index contributed by atoms with van der Waals surface area (Å²) >= 11 is 0. The minimum atomic E-state index is -6.13. The number of hydrogen-bond acceptors (Lipinski definition) is 8. The van der Waals surface area contributed by atoms with Crippen LogP contribution in [-0.4, -0.2) is 36.0 Å². The predicted molar refractivity (Wildman–Crippen MR) is 203 cm³/mol. The number of anilines is 4. The highest BCUT2D eigenvalue weighted by Gasteiger charge is 2.73. The van der Waals surface area contributed by atoms with Crippen LogP contribution in [0.3, 0.4) is 0 Å². The number of ether oxygens (including phenoxy) is 2. The monoisotopic (exact) mass is 808 g/mol. The average Bonchev–Trinajstić information content (AvgIpc) is 3.59. The van der Waals surface area contributed by atoms with Gasteiger partial charge in [0.25, 0.3) is 23.6 Å². The molecule has 8 rings (SSSR count). The van der Waals surface area contributed by atoms with Crippen molar-refractivity contribution in [1.82, 2.24) is 0 Å². The number of amides is 4. The number of imide groups is 2. The van der Waals surface area contributed by atoms with Crippen molar-refractivity contribution in [2.24, 2.45) is 0 Å². The number of alkyl halides is 6. The molecule has 0 spiro atoms. The molecule has 0 fully saturated rings. The van der Waals surface area contributed by atoms with Gasteiger partial charge in [-0.1, -0.05) is 12.1 Å². The van der Waals surface area contributed by atoms with E-state index in [4.69, 9.17) is 20.9 Å². The Hall–Kier alpha value is -7.62. The lowest BCUT2D eigenvalue weighted by Crippen LogP contribution is -2.55. The molecule has 6 aromatic carbocycles. The molecule has 0 radical (unpaired) electrons.